The number of aryl methyl sites for hydroxylation is 1. The summed E-state index contributed by atoms with van der Waals surface area (Å²) < 4.78 is 0. The van der Waals surface area contributed by atoms with E-state index in [1.807, 2.05) is 36.1 Å². The van der Waals surface area contributed by atoms with Crippen LogP contribution in [0.4, 0.5) is 10.5 Å². The lowest BCUT2D eigenvalue weighted by atomic mass is 9.86. The third kappa shape index (κ3) is 3.53. The fourth-order valence-electron chi connectivity index (χ4n) is 3.70. The SMILES string of the molecule is Cc1cccc(NC(=O)N2CCN(C)C3(CCNC(=O)CC3)C2)c1. The Bertz CT molecular complexity index is 633. The van der Waals surface area contributed by atoms with E-state index in [-0.39, 0.29) is 17.5 Å². The van der Waals surface area contributed by atoms with Crippen molar-refractivity contribution in [3.8, 4) is 0 Å². The fraction of sp³-hybridized carbons (Fsp3) is 0.556. The number of carbonyl (C=O) groups is 2. The molecule has 6 nitrogen and oxygen atoms in total. The molecule has 24 heavy (non-hydrogen) atoms. The molecule has 1 spiro atoms. The van der Waals surface area contributed by atoms with Gasteiger partial charge in [-0.15, -0.1) is 0 Å². The van der Waals surface area contributed by atoms with Crippen LogP contribution in [0.3, 0.4) is 0 Å². The van der Waals surface area contributed by atoms with E-state index in [9.17, 15) is 9.59 Å². The molecule has 1 atom stereocenters. The van der Waals surface area contributed by atoms with Crippen molar-refractivity contribution in [2.45, 2.75) is 31.7 Å². The molecule has 0 bridgehead atoms. The Morgan fingerprint density at radius 1 is 1.29 bits per heavy atom. The van der Waals surface area contributed by atoms with Crippen LogP contribution in [0.15, 0.2) is 24.3 Å². The van der Waals surface area contributed by atoms with Crippen LogP contribution in [0.25, 0.3) is 0 Å². The van der Waals surface area contributed by atoms with Gasteiger partial charge in [-0.25, -0.2) is 4.79 Å². The molecule has 2 aliphatic heterocycles. The summed E-state index contributed by atoms with van der Waals surface area (Å²) in [7, 11) is 2.10. The molecule has 2 saturated heterocycles. The molecule has 1 unspecified atom stereocenters. The van der Waals surface area contributed by atoms with E-state index in [2.05, 4.69) is 22.6 Å². The van der Waals surface area contributed by atoms with Crippen molar-refractivity contribution < 1.29 is 9.59 Å². The molecular weight excluding hydrogens is 304 g/mol. The highest BCUT2D eigenvalue weighted by molar-refractivity contribution is 5.89. The quantitative estimate of drug-likeness (QED) is 0.825. The van der Waals surface area contributed by atoms with Crippen molar-refractivity contribution in [3.05, 3.63) is 29.8 Å². The zero-order valence-corrected chi connectivity index (χ0v) is 14.5. The van der Waals surface area contributed by atoms with E-state index >= 15 is 0 Å². The highest BCUT2D eigenvalue weighted by Gasteiger charge is 2.42. The van der Waals surface area contributed by atoms with Crippen molar-refractivity contribution in [2.75, 3.05) is 38.5 Å². The number of likely N-dealkylation sites (N-methyl/N-ethyl adjacent to an activating group) is 1. The summed E-state index contributed by atoms with van der Waals surface area (Å²) in [6, 6.07) is 7.77. The second kappa shape index (κ2) is 6.81. The first-order chi connectivity index (χ1) is 11.5. The summed E-state index contributed by atoms with van der Waals surface area (Å²) in [6.07, 6.45) is 2.20. The lowest BCUT2D eigenvalue weighted by molar-refractivity contribution is -0.121. The number of piperazine rings is 1. The van der Waals surface area contributed by atoms with Crippen LogP contribution in [0.5, 0.6) is 0 Å². The van der Waals surface area contributed by atoms with E-state index in [0.29, 0.717) is 26.1 Å². The van der Waals surface area contributed by atoms with E-state index in [1.165, 1.54) is 0 Å². The molecule has 130 valence electrons. The van der Waals surface area contributed by atoms with Crippen LogP contribution < -0.4 is 10.6 Å². The van der Waals surface area contributed by atoms with Gasteiger partial charge in [-0.05, 0) is 44.5 Å². The number of nitrogens with zero attached hydrogens (tertiary/aromatic N) is 2. The Kier molecular flexibility index (Phi) is 4.76. The molecule has 1 aromatic rings. The Labute approximate surface area is 143 Å². The van der Waals surface area contributed by atoms with E-state index in [1.54, 1.807) is 0 Å². The number of urea groups is 1. The monoisotopic (exact) mass is 330 g/mol. The Balaban J connectivity index is 1.70. The highest BCUT2D eigenvalue weighted by Crippen LogP contribution is 2.30. The van der Waals surface area contributed by atoms with Gasteiger partial charge in [-0.2, -0.15) is 0 Å². The second-order valence-electron chi connectivity index (χ2n) is 6.97. The molecule has 2 heterocycles. The molecular formula is C18H26N4O2. The predicted octanol–water partition coefficient (Wildman–Crippen LogP) is 1.81. The maximum Gasteiger partial charge on any atom is 0.321 e. The molecule has 1 aromatic carbocycles. The van der Waals surface area contributed by atoms with Crippen LogP contribution in [0.2, 0.25) is 0 Å². The summed E-state index contributed by atoms with van der Waals surface area (Å²) in [4.78, 5) is 28.6. The Morgan fingerprint density at radius 3 is 2.92 bits per heavy atom. The standard InChI is InChI=1S/C18H26N4O2/c1-14-4-3-5-15(12-14)20-17(24)22-11-10-21(2)18(13-22)7-6-16(23)19-9-8-18/h3-5,12H,6-11,13H2,1-2H3,(H,19,23)(H,20,24). The lowest BCUT2D eigenvalue weighted by Gasteiger charge is -2.49. The Hall–Kier alpha value is -2.08. The molecule has 3 rings (SSSR count). The molecule has 0 saturated carbocycles. The number of nitrogens with one attached hydrogen (secondary N) is 2. The Morgan fingerprint density at radius 2 is 2.12 bits per heavy atom. The van der Waals surface area contributed by atoms with Gasteiger partial charge < -0.3 is 15.5 Å². The van der Waals surface area contributed by atoms with Gasteiger partial charge in [-0.1, -0.05) is 12.1 Å². The molecule has 3 amide bonds. The molecule has 0 radical (unpaired) electrons. The minimum absolute atomic E-state index is 0.0587. The summed E-state index contributed by atoms with van der Waals surface area (Å²) in [5.74, 6) is 0.113. The maximum atomic E-state index is 12.7. The first-order valence-corrected chi connectivity index (χ1v) is 8.59. The van der Waals surface area contributed by atoms with Crippen molar-refractivity contribution in [1.29, 1.82) is 0 Å². The van der Waals surface area contributed by atoms with Crippen molar-refractivity contribution in [2.24, 2.45) is 0 Å². The van der Waals surface area contributed by atoms with Crippen LogP contribution in [0, 0.1) is 6.92 Å². The third-order valence-electron chi connectivity index (χ3n) is 5.29. The van der Waals surface area contributed by atoms with E-state index in [0.717, 1.165) is 30.6 Å². The van der Waals surface area contributed by atoms with E-state index in [4.69, 9.17) is 0 Å². The van der Waals surface area contributed by atoms with Crippen LogP contribution in [-0.2, 0) is 4.79 Å². The molecule has 0 aliphatic carbocycles. The average molecular weight is 330 g/mol. The van der Waals surface area contributed by atoms with Gasteiger partial charge in [0.2, 0.25) is 5.91 Å². The topological polar surface area (TPSA) is 64.7 Å². The lowest BCUT2D eigenvalue weighted by Crippen LogP contribution is -2.62. The van der Waals surface area contributed by atoms with Gasteiger partial charge in [0.05, 0.1) is 0 Å². The average Bonchev–Trinajstić information content (AvgIpc) is 2.73. The van der Waals surface area contributed by atoms with Crippen LogP contribution >= 0.6 is 0 Å². The number of benzene rings is 1. The smallest absolute Gasteiger partial charge is 0.321 e. The van der Waals surface area contributed by atoms with Crippen molar-refractivity contribution >= 4 is 17.6 Å². The largest absolute Gasteiger partial charge is 0.356 e. The first kappa shape index (κ1) is 16.8. The number of carbonyl (C=O) groups excluding carboxylic acids is 2. The van der Waals surface area contributed by atoms with Gasteiger partial charge in [0.1, 0.15) is 0 Å². The molecule has 0 aromatic heterocycles. The predicted molar refractivity (Wildman–Crippen MR) is 94.0 cm³/mol. The van der Waals surface area contributed by atoms with Crippen molar-refractivity contribution in [3.63, 3.8) is 0 Å². The number of amides is 3. The zero-order chi connectivity index (χ0) is 17.2. The molecule has 2 N–H and O–H groups in total. The highest BCUT2D eigenvalue weighted by atomic mass is 16.2. The number of rotatable bonds is 1. The summed E-state index contributed by atoms with van der Waals surface area (Å²) >= 11 is 0. The van der Waals surface area contributed by atoms with Crippen LogP contribution in [-0.4, -0.2) is 60.5 Å². The minimum Gasteiger partial charge on any atom is -0.356 e. The number of hydrogen-bond acceptors (Lipinski definition) is 3. The minimum atomic E-state index is -0.110. The van der Waals surface area contributed by atoms with E-state index < -0.39 is 0 Å². The second-order valence-corrected chi connectivity index (χ2v) is 6.97. The first-order valence-electron chi connectivity index (χ1n) is 8.59. The third-order valence-corrected chi connectivity index (χ3v) is 5.29. The zero-order valence-electron chi connectivity index (χ0n) is 14.5. The summed E-state index contributed by atoms with van der Waals surface area (Å²) in [6.45, 7) is 4.88. The normalized spacial score (nSPS) is 25.2. The number of anilines is 1. The summed E-state index contributed by atoms with van der Waals surface area (Å²) in [5.41, 5.74) is 1.84. The molecule has 2 aliphatic rings. The van der Waals surface area contributed by atoms with Crippen LogP contribution in [0.1, 0.15) is 24.8 Å². The fourth-order valence-corrected chi connectivity index (χ4v) is 3.70. The number of hydrogen-bond donors (Lipinski definition) is 2. The van der Waals surface area contributed by atoms with Gasteiger partial charge in [0, 0.05) is 43.8 Å². The van der Waals surface area contributed by atoms with Gasteiger partial charge in [-0.3, -0.25) is 9.69 Å². The molecule has 2 fully saturated rings. The van der Waals surface area contributed by atoms with Crippen molar-refractivity contribution in [1.82, 2.24) is 15.1 Å². The van der Waals surface area contributed by atoms with Gasteiger partial charge in [0.25, 0.3) is 0 Å². The maximum absolute atomic E-state index is 12.7. The van der Waals surface area contributed by atoms with Gasteiger partial charge >= 0.3 is 6.03 Å². The molecule has 6 heteroatoms. The van der Waals surface area contributed by atoms with Gasteiger partial charge in [0.15, 0.2) is 0 Å². The summed E-state index contributed by atoms with van der Waals surface area (Å²) in [5, 5.41) is 5.94.